The molecule has 2 heterocycles. The topological polar surface area (TPSA) is 99.4 Å². The van der Waals surface area contributed by atoms with Crippen LogP contribution in [0.5, 0.6) is 5.88 Å². The molecule has 1 aliphatic rings. The summed E-state index contributed by atoms with van der Waals surface area (Å²) in [5, 5.41) is 7.98. The first-order valence-electron chi connectivity index (χ1n) is 10.6. The van der Waals surface area contributed by atoms with E-state index in [9.17, 15) is 4.79 Å². The number of nitrogens with zero attached hydrogens (tertiary/aromatic N) is 3. The van der Waals surface area contributed by atoms with Crippen LogP contribution in [0, 0.1) is 6.92 Å². The lowest BCUT2D eigenvalue weighted by Crippen LogP contribution is -2.17. The van der Waals surface area contributed by atoms with Crippen molar-refractivity contribution in [3.8, 4) is 28.7 Å². The zero-order valence-electron chi connectivity index (χ0n) is 18.2. The number of hydrogen-bond acceptors (Lipinski definition) is 8. The molecule has 1 saturated carbocycles. The third kappa shape index (κ3) is 5.02. The highest BCUT2D eigenvalue weighted by molar-refractivity contribution is 6.32. The lowest BCUT2D eigenvalue weighted by atomic mass is 10.1. The average Bonchev–Trinajstić information content (AvgIpc) is 3.40. The molecular formula is C23H25ClN4O4. The summed E-state index contributed by atoms with van der Waals surface area (Å²) in [6.45, 7) is 6.34. The van der Waals surface area contributed by atoms with Crippen molar-refractivity contribution in [1.82, 2.24) is 15.1 Å². The first kappa shape index (κ1) is 22.1. The molecule has 9 heteroatoms. The highest BCUT2D eigenvalue weighted by Crippen LogP contribution is 2.31. The molecule has 0 bridgehead atoms. The van der Waals surface area contributed by atoms with E-state index in [0.29, 0.717) is 34.7 Å². The summed E-state index contributed by atoms with van der Waals surface area (Å²) in [6, 6.07) is 7.97. The highest BCUT2D eigenvalue weighted by Gasteiger charge is 2.25. The van der Waals surface area contributed by atoms with Crippen molar-refractivity contribution >= 4 is 23.8 Å². The molecule has 0 aliphatic heterocycles. The van der Waals surface area contributed by atoms with Crippen molar-refractivity contribution < 1.29 is 18.8 Å². The molecule has 0 saturated heterocycles. The summed E-state index contributed by atoms with van der Waals surface area (Å²) in [7, 11) is 0. The molecule has 8 nitrogen and oxygen atoms in total. The third-order valence-electron chi connectivity index (χ3n) is 5.30. The Bertz CT molecular complexity index is 1100. The van der Waals surface area contributed by atoms with Crippen molar-refractivity contribution in [1.29, 1.82) is 0 Å². The number of aromatic nitrogens is 3. The zero-order chi connectivity index (χ0) is 22.7. The van der Waals surface area contributed by atoms with Gasteiger partial charge in [-0.3, -0.25) is 4.79 Å². The number of carbonyl (C=O) groups excluding carboxylic acids is 1. The second-order valence-electron chi connectivity index (χ2n) is 8.14. The van der Waals surface area contributed by atoms with Gasteiger partial charge in [0.2, 0.25) is 11.7 Å². The monoisotopic (exact) mass is 456 g/mol. The molecule has 3 aromatic rings. The van der Waals surface area contributed by atoms with Gasteiger partial charge in [0.1, 0.15) is 11.1 Å². The number of halogens is 1. The van der Waals surface area contributed by atoms with Crippen molar-refractivity contribution in [2.45, 2.75) is 58.3 Å². The second-order valence-corrected chi connectivity index (χ2v) is 8.55. The minimum absolute atomic E-state index is 0.00354. The van der Waals surface area contributed by atoms with Crippen LogP contribution < -0.4 is 10.1 Å². The summed E-state index contributed by atoms with van der Waals surface area (Å²) in [5.74, 6) is 1.20. The van der Waals surface area contributed by atoms with Crippen LogP contribution in [0.25, 0.3) is 22.8 Å². The number of carbonyl (C=O) groups is 1. The molecule has 1 N–H and O–H groups in total. The Morgan fingerprint density at radius 2 is 2.12 bits per heavy atom. The van der Waals surface area contributed by atoms with Gasteiger partial charge in [0.05, 0.1) is 6.10 Å². The third-order valence-corrected chi connectivity index (χ3v) is 5.57. The van der Waals surface area contributed by atoms with Crippen LogP contribution in [-0.4, -0.2) is 39.8 Å². The SMILES string of the molecule is Cc1cc(N[C@H]2CC[C@@H](OC=O)C2)ccc1-c1nc(-c2cnc(OC(C)C)c(Cl)c2)no1. The van der Waals surface area contributed by atoms with Crippen molar-refractivity contribution in [2.24, 2.45) is 0 Å². The molecule has 0 radical (unpaired) electrons. The number of aryl methyl sites for hydroxylation is 1. The smallest absolute Gasteiger partial charge is 0.293 e. The Balaban J connectivity index is 1.47. The number of ether oxygens (including phenoxy) is 2. The molecule has 32 heavy (non-hydrogen) atoms. The van der Waals surface area contributed by atoms with Crippen LogP contribution >= 0.6 is 11.6 Å². The summed E-state index contributed by atoms with van der Waals surface area (Å²) < 4.78 is 16.1. The van der Waals surface area contributed by atoms with E-state index in [1.165, 1.54) is 0 Å². The fourth-order valence-corrected chi connectivity index (χ4v) is 4.02. The first-order valence-corrected chi connectivity index (χ1v) is 10.9. The maximum absolute atomic E-state index is 10.5. The number of benzene rings is 1. The predicted molar refractivity (Wildman–Crippen MR) is 121 cm³/mol. The van der Waals surface area contributed by atoms with Crippen LogP contribution in [0.1, 0.15) is 38.7 Å². The fourth-order valence-electron chi connectivity index (χ4n) is 3.81. The lowest BCUT2D eigenvalue weighted by Gasteiger charge is -2.15. The maximum Gasteiger partial charge on any atom is 0.293 e. The quantitative estimate of drug-likeness (QED) is 0.470. The summed E-state index contributed by atoms with van der Waals surface area (Å²) in [5.41, 5.74) is 3.49. The van der Waals surface area contributed by atoms with E-state index in [1.807, 2.05) is 39.0 Å². The van der Waals surface area contributed by atoms with Gasteiger partial charge in [0.15, 0.2) is 0 Å². The fraction of sp³-hybridized carbons (Fsp3) is 0.391. The number of pyridine rings is 1. The molecule has 2 atom stereocenters. The molecule has 4 rings (SSSR count). The van der Waals surface area contributed by atoms with Crippen molar-refractivity contribution in [3.63, 3.8) is 0 Å². The number of rotatable bonds is 8. The van der Waals surface area contributed by atoms with Crippen LogP contribution in [-0.2, 0) is 9.53 Å². The van der Waals surface area contributed by atoms with E-state index >= 15 is 0 Å². The summed E-state index contributed by atoms with van der Waals surface area (Å²) >= 11 is 6.28. The van der Waals surface area contributed by atoms with Gasteiger partial charge in [-0.15, -0.1) is 0 Å². The van der Waals surface area contributed by atoms with Gasteiger partial charge in [-0.1, -0.05) is 16.8 Å². The molecule has 2 aromatic heterocycles. The normalized spacial score (nSPS) is 18.0. The standard InChI is InChI=1S/C23H25ClN4O4/c1-13(2)31-23-20(24)9-15(11-25-23)21-27-22(32-28-21)19-7-5-16(8-14(19)3)26-17-4-6-18(10-17)30-12-29/h5,7-9,11-13,17-18,26H,4,6,10H2,1-3H3/t17-,18+/m0/s1. The van der Waals surface area contributed by atoms with Crippen LogP contribution in [0.2, 0.25) is 5.02 Å². The molecular weight excluding hydrogens is 432 g/mol. The van der Waals surface area contributed by atoms with Crippen molar-refractivity contribution in [3.05, 3.63) is 41.0 Å². The van der Waals surface area contributed by atoms with Gasteiger partial charge < -0.3 is 19.3 Å². The molecule has 168 valence electrons. The van der Waals surface area contributed by atoms with Gasteiger partial charge in [-0.05, 0) is 63.4 Å². The van der Waals surface area contributed by atoms with Gasteiger partial charge in [0, 0.05) is 35.5 Å². The summed E-state index contributed by atoms with van der Waals surface area (Å²) in [6.07, 6.45) is 4.23. The molecule has 0 unspecified atom stereocenters. The van der Waals surface area contributed by atoms with Gasteiger partial charge >= 0.3 is 0 Å². The molecule has 1 fully saturated rings. The molecule has 1 aliphatic carbocycles. The Kier molecular flexibility index (Phi) is 6.60. The average molecular weight is 457 g/mol. The number of hydrogen-bond donors (Lipinski definition) is 1. The van der Waals surface area contributed by atoms with Crippen molar-refractivity contribution in [2.75, 3.05) is 5.32 Å². The molecule has 0 spiro atoms. The van der Waals surface area contributed by atoms with E-state index < -0.39 is 0 Å². The van der Waals surface area contributed by atoms with E-state index in [4.69, 9.17) is 25.6 Å². The number of nitrogens with one attached hydrogen (secondary N) is 1. The van der Waals surface area contributed by atoms with E-state index in [2.05, 4.69) is 20.4 Å². The minimum Gasteiger partial charge on any atom is -0.474 e. The van der Waals surface area contributed by atoms with Crippen LogP contribution in [0.3, 0.4) is 0 Å². The van der Waals surface area contributed by atoms with Crippen LogP contribution in [0.4, 0.5) is 5.69 Å². The van der Waals surface area contributed by atoms with E-state index in [-0.39, 0.29) is 18.2 Å². The highest BCUT2D eigenvalue weighted by atomic mass is 35.5. The maximum atomic E-state index is 10.5. The Morgan fingerprint density at radius 3 is 2.84 bits per heavy atom. The van der Waals surface area contributed by atoms with E-state index in [0.717, 1.165) is 36.1 Å². The minimum atomic E-state index is -0.0251. The lowest BCUT2D eigenvalue weighted by molar-refractivity contribution is -0.133. The zero-order valence-corrected chi connectivity index (χ0v) is 18.9. The number of anilines is 1. The largest absolute Gasteiger partial charge is 0.474 e. The van der Waals surface area contributed by atoms with Gasteiger partial charge in [-0.2, -0.15) is 4.98 Å². The van der Waals surface area contributed by atoms with Gasteiger partial charge in [0.25, 0.3) is 12.4 Å². The Hall–Kier alpha value is -3.13. The Morgan fingerprint density at radius 1 is 1.28 bits per heavy atom. The second kappa shape index (κ2) is 9.56. The van der Waals surface area contributed by atoms with E-state index in [1.54, 1.807) is 12.3 Å². The van der Waals surface area contributed by atoms with Gasteiger partial charge in [-0.25, -0.2) is 4.98 Å². The molecule has 1 aromatic carbocycles. The predicted octanol–water partition coefficient (Wildman–Crippen LogP) is 5.05. The Labute approximate surface area is 191 Å². The van der Waals surface area contributed by atoms with Crippen LogP contribution in [0.15, 0.2) is 35.0 Å². The summed E-state index contributed by atoms with van der Waals surface area (Å²) in [4.78, 5) is 19.3. The first-order chi connectivity index (χ1) is 15.4. The molecule has 0 amide bonds.